The number of ether oxygens (including phenoxy) is 1. The van der Waals surface area contributed by atoms with Crippen LogP contribution in [0.4, 0.5) is 4.79 Å². The Hall–Kier alpha value is -3.38. The zero-order chi connectivity index (χ0) is 21.4. The summed E-state index contributed by atoms with van der Waals surface area (Å²) in [5.74, 6) is 0.000433. The maximum absolute atomic E-state index is 13.1. The van der Waals surface area contributed by atoms with Gasteiger partial charge < -0.3 is 15.4 Å². The lowest BCUT2D eigenvalue weighted by Gasteiger charge is -2.35. The number of amides is 2. The predicted molar refractivity (Wildman–Crippen MR) is 120 cm³/mol. The summed E-state index contributed by atoms with van der Waals surface area (Å²) in [6.45, 7) is 2.58. The van der Waals surface area contributed by atoms with Gasteiger partial charge in [0.05, 0.1) is 6.04 Å². The predicted octanol–water partition coefficient (Wildman–Crippen LogP) is 3.28. The molecule has 5 rings (SSSR count). The highest BCUT2D eigenvalue weighted by Gasteiger charge is 2.38. The summed E-state index contributed by atoms with van der Waals surface area (Å²) < 4.78 is 5.10. The van der Waals surface area contributed by atoms with E-state index in [1.165, 1.54) is 5.56 Å². The number of benzene rings is 3. The van der Waals surface area contributed by atoms with Gasteiger partial charge in [0, 0.05) is 25.2 Å². The number of nitrogens with zero attached hydrogens (tertiary/aromatic N) is 2. The molecule has 2 fully saturated rings. The fraction of sp³-hybridized carbons (Fsp3) is 0.280. The van der Waals surface area contributed by atoms with Crippen LogP contribution in [0.2, 0.25) is 0 Å². The molecular formula is C25H25N3O3. The molecule has 2 aliphatic heterocycles. The Balaban J connectivity index is 1.35. The molecule has 1 atom stereocenters. The van der Waals surface area contributed by atoms with E-state index >= 15 is 0 Å². The van der Waals surface area contributed by atoms with Gasteiger partial charge in [-0.1, -0.05) is 42.5 Å². The summed E-state index contributed by atoms with van der Waals surface area (Å²) >= 11 is 0. The van der Waals surface area contributed by atoms with Crippen LogP contribution in [-0.4, -0.2) is 60.6 Å². The van der Waals surface area contributed by atoms with E-state index < -0.39 is 0 Å². The lowest BCUT2D eigenvalue weighted by molar-refractivity contribution is 0.0617. The van der Waals surface area contributed by atoms with Gasteiger partial charge in [0.2, 0.25) is 0 Å². The summed E-state index contributed by atoms with van der Waals surface area (Å²) in [5, 5.41) is 2.13. The second-order valence-corrected chi connectivity index (χ2v) is 8.19. The Morgan fingerprint density at radius 1 is 0.968 bits per heavy atom. The molecule has 0 radical (unpaired) electrons. The van der Waals surface area contributed by atoms with Crippen LogP contribution in [-0.2, 0) is 11.2 Å². The third-order valence-corrected chi connectivity index (χ3v) is 6.21. The van der Waals surface area contributed by atoms with E-state index in [4.69, 9.17) is 10.5 Å². The monoisotopic (exact) mass is 415 g/mol. The van der Waals surface area contributed by atoms with Crippen molar-refractivity contribution in [2.24, 2.45) is 5.73 Å². The summed E-state index contributed by atoms with van der Waals surface area (Å²) in [4.78, 5) is 28.3. The van der Waals surface area contributed by atoms with Crippen molar-refractivity contribution >= 4 is 22.8 Å². The standard InChI is InChI=1S/C25H25N3O3/c26-10-9-17-1-3-18(4-2-17)19-5-6-21-14-22(8-7-20(21)13-19)24(29)27-11-12-28-23(15-27)16-31-25(28)30/h1-8,13-14,23H,9-12,15-16,26H2. The number of cyclic esters (lactones) is 1. The Labute approximate surface area is 181 Å². The number of carbonyl (C=O) groups is 2. The Bertz CT molecular complexity index is 1140. The molecule has 0 aliphatic carbocycles. The first-order valence-electron chi connectivity index (χ1n) is 10.7. The minimum Gasteiger partial charge on any atom is -0.447 e. The van der Waals surface area contributed by atoms with E-state index in [2.05, 4.69) is 42.5 Å². The van der Waals surface area contributed by atoms with Gasteiger partial charge >= 0.3 is 6.09 Å². The van der Waals surface area contributed by atoms with E-state index in [0.717, 1.165) is 28.3 Å². The summed E-state index contributed by atoms with van der Waals surface area (Å²) in [6, 6.07) is 20.6. The first kappa shape index (κ1) is 19.6. The normalized spacial score (nSPS) is 18.2. The first-order valence-corrected chi connectivity index (χ1v) is 10.7. The van der Waals surface area contributed by atoms with Gasteiger partial charge in [0.25, 0.3) is 5.91 Å². The van der Waals surface area contributed by atoms with Crippen molar-refractivity contribution in [2.75, 3.05) is 32.8 Å². The summed E-state index contributed by atoms with van der Waals surface area (Å²) in [7, 11) is 0. The number of carbonyl (C=O) groups excluding carboxylic acids is 2. The van der Waals surface area contributed by atoms with Crippen molar-refractivity contribution in [3.63, 3.8) is 0 Å². The third kappa shape index (κ3) is 3.75. The zero-order valence-corrected chi connectivity index (χ0v) is 17.3. The minimum absolute atomic E-state index is 0.000433. The van der Waals surface area contributed by atoms with Crippen LogP contribution in [0.1, 0.15) is 15.9 Å². The Morgan fingerprint density at radius 2 is 1.71 bits per heavy atom. The number of hydrogen-bond acceptors (Lipinski definition) is 4. The van der Waals surface area contributed by atoms with Gasteiger partial charge in [-0.2, -0.15) is 0 Å². The molecule has 0 bridgehead atoms. The molecule has 0 spiro atoms. The average molecular weight is 415 g/mol. The van der Waals surface area contributed by atoms with E-state index in [-0.39, 0.29) is 18.0 Å². The molecule has 1 unspecified atom stereocenters. The van der Waals surface area contributed by atoms with Gasteiger partial charge in [0.1, 0.15) is 6.61 Å². The number of hydrogen-bond donors (Lipinski definition) is 1. The van der Waals surface area contributed by atoms with Crippen LogP contribution in [0.25, 0.3) is 21.9 Å². The topological polar surface area (TPSA) is 75.9 Å². The molecule has 6 heteroatoms. The molecule has 6 nitrogen and oxygen atoms in total. The fourth-order valence-electron chi connectivity index (χ4n) is 4.44. The molecule has 0 saturated carbocycles. The molecule has 2 saturated heterocycles. The van der Waals surface area contributed by atoms with Crippen molar-refractivity contribution in [1.29, 1.82) is 0 Å². The number of piperazine rings is 1. The van der Waals surface area contributed by atoms with Gasteiger partial charge in [-0.05, 0) is 58.6 Å². The van der Waals surface area contributed by atoms with E-state index in [0.29, 0.717) is 38.3 Å². The van der Waals surface area contributed by atoms with Crippen molar-refractivity contribution in [1.82, 2.24) is 9.80 Å². The first-order chi connectivity index (χ1) is 15.1. The molecule has 3 aromatic rings. The average Bonchev–Trinajstić information content (AvgIpc) is 3.18. The Morgan fingerprint density at radius 3 is 2.52 bits per heavy atom. The molecule has 158 valence electrons. The van der Waals surface area contributed by atoms with Crippen LogP contribution in [0.15, 0.2) is 60.7 Å². The lowest BCUT2D eigenvalue weighted by Crippen LogP contribution is -2.53. The van der Waals surface area contributed by atoms with E-state index in [9.17, 15) is 9.59 Å². The second-order valence-electron chi connectivity index (χ2n) is 8.19. The minimum atomic E-state index is -0.271. The van der Waals surface area contributed by atoms with Gasteiger partial charge in [0.15, 0.2) is 0 Å². The number of rotatable bonds is 4. The van der Waals surface area contributed by atoms with Crippen LogP contribution in [0.5, 0.6) is 0 Å². The van der Waals surface area contributed by atoms with Crippen molar-refractivity contribution in [3.8, 4) is 11.1 Å². The molecule has 2 heterocycles. The highest BCUT2D eigenvalue weighted by Crippen LogP contribution is 2.27. The van der Waals surface area contributed by atoms with Crippen LogP contribution < -0.4 is 5.73 Å². The maximum atomic E-state index is 13.1. The summed E-state index contributed by atoms with van der Waals surface area (Å²) in [6.07, 6.45) is 0.612. The van der Waals surface area contributed by atoms with Crippen LogP contribution in [0, 0.1) is 0 Å². The number of fused-ring (bicyclic) bond motifs is 2. The fourth-order valence-corrected chi connectivity index (χ4v) is 4.44. The SMILES string of the molecule is NCCc1ccc(-c2ccc3cc(C(=O)N4CCN5C(=O)OCC5C4)ccc3c2)cc1. The molecule has 2 N–H and O–H groups in total. The third-order valence-electron chi connectivity index (χ3n) is 6.21. The van der Waals surface area contributed by atoms with Crippen molar-refractivity contribution in [3.05, 3.63) is 71.8 Å². The maximum Gasteiger partial charge on any atom is 0.410 e. The second kappa shape index (κ2) is 8.04. The number of nitrogens with two attached hydrogens (primary N) is 1. The zero-order valence-electron chi connectivity index (χ0n) is 17.3. The van der Waals surface area contributed by atoms with E-state index in [1.807, 2.05) is 23.1 Å². The van der Waals surface area contributed by atoms with Gasteiger partial charge in [-0.25, -0.2) is 4.79 Å². The van der Waals surface area contributed by atoms with Gasteiger partial charge in [-0.15, -0.1) is 0 Å². The van der Waals surface area contributed by atoms with Gasteiger partial charge in [-0.3, -0.25) is 9.69 Å². The highest BCUT2D eigenvalue weighted by molar-refractivity contribution is 5.99. The largest absolute Gasteiger partial charge is 0.447 e. The van der Waals surface area contributed by atoms with Crippen molar-refractivity contribution in [2.45, 2.75) is 12.5 Å². The van der Waals surface area contributed by atoms with Crippen LogP contribution >= 0.6 is 0 Å². The quantitative estimate of drug-likeness (QED) is 0.710. The lowest BCUT2D eigenvalue weighted by atomic mass is 9.98. The molecule has 2 amide bonds. The smallest absolute Gasteiger partial charge is 0.410 e. The van der Waals surface area contributed by atoms with Crippen LogP contribution in [0.3, 0.4) is 0 Å². The molecule has 0 aromatic heterocycles. The molecule has 31 heavy (non-hydrogen) atoms. The highest BCUT2D eigenvalue weighted by atomic mass is 16.6. The Kier molecular flexibility index (Phi) is 5.08. The van der Waals surface area contributed by atoms with Crippen molar-refractivity contribution < 1.29 is 14.3 Å². The molecule has 2 aliphatic rings. The molecular weight excluding hydrogens is 390 g/mol. The molecule has 3 aromatic carbocycles. The summed E-state index contributed by atoms with van der Waals surface area (Å²) in [5.41, 5.74) is 9.85. The van der Waals surface area contributed by atoms with E-state index in [1.54, 1.807) is 4.90 Å².